The molecule has 39 heavy (non-hydrogen) atoms. The first-order chi connectivity index (χ1) is 18.8. The van der Waals surface area contributed by atoms with Crippen molar-refractivity contribution in [1.29, 1.82) is 0 Å². The van der Waals surface area contributed by atoms with Crippen molar-refractivity contribution in [2.24, 2.45) is 16.6 Å². The molecule has 6 N–H and O–H groups in total. The summed E-state index contributed by atoms with van der Waals surface area (Å²) in [7, 11) is 0. The van der Waals surface area contributed by atoms with Gasteiger partial charge in [-0.15, -0.1) is 0 Å². The van der Waals surface area contributed by atoms with Gasteiger partial charge in [-0.1, -0.05) is 41.9 Å². The molecule has 1 saturated heterocycles. The van der Waals surface area contributed by atoms with Crippen LogP contribution in [0.2, 0.25) is 5.15 Å². The number of nitrogens with two attached hydrogens (primary N) is 2. The van der Waals surface area contributed by atoms with Gasteiger partial charge < -0.3 is 27.0 Å². The lowest BCUT2D eigenvalue weighted by atomic mass is 9.96. The van der Waals surface area contributed by atoms with Crippen molar-refractivity contribution in [3.63, 3.8) is 0 Å². The average Bonchev–Trinajstić information content (AvgIpc) is 2.93. The Morgan fingerprint density at radius 1 is 1.15 bits per heavy atom. The highest BCUT2D eigenvalue weighted by Crippen LogP contribution is 2.22. The summed E-state index contributed by atoms with van der Waals surface area (Å²) in [6.45, 7) is 3.73. The molecule has 2 heterocycles. The van der Waals surface area contributed by atoms with Crippen LogP contribution >= 0.6 is 34.2 Å². The monoisotopic (exact) mass is 664 g/mol. The molecule has 3 aromatic rings. The fourth-order valence-corrected chi connectivity index (χ4v) is 4.88. The average molecular weight is 665 g/mol. The van der Waals surface area contributed by atoms with Gasteiger partial charge in [-0.25, -0.2) is 14.4 Å². The van der Waals surface area contributed by atoms with Crippen LogP contribution in [0.1, 0.15) is 34.5 Å². The molecular weight excluding hydrogens is 634 g/mol. The number of piperidine rings is 1. The first-order valence-electron chi connectivity index (χ1n) is 12.7. The number of amides is 1. The molecule has 2 aromatic carbocycles. The van der Waals surface area contributed by atoms with Crippen molar-refractivity contribution >= 4 is 57.7 Å². The standard InChI is InChI=1S/C27H31ClFIN8O/c28-23-25(33-15-17-5-7-20(30)8-6-17)36-24(31)22(35-23)26(39)37-27(32)34-16-18-9-12-38(13-10-18)14-11-19-3-1-2-4-21(19)29/h1-8,18H,9-16H2,(H3,31,33,36)(H3,32,34,37,39). The highest BCUT2D eigenvalue weighted by molar-refractivity contribution is 14.1. The van der Waals surface area contributed by atoms with Gasteiger partial charge in [0.2, 0.25) is 0 Å². The maximum Gasteiger partial charge on any atom is 0.302 e. The summed E-state index contributed by atoms with van der Waals surface area (Å²) in [5, 5.41) is 6.12. The lowest BCUT2D eigenvalue weighted by molar-refractivity contribution is 0.0998. The molecule has 0 radical (unpaired) electrons. The minimum Gasteiger partial charge on any atom is -0.382 e. The van der Waals surface area contributed by atoms with E-state index in [1.54, 1.807) is 6.07 Å². The van der Waals surface area contributed by atoms with E-state index in [0.29, 0.717) is 25.4 Å². The largest absolute Gasteiger partial charge is 0.382 e. The van der Waals surface area contributed by atoms with Crippen molar-refractivity contribution in [2.45, 2.75) is 25.8 Å². The Labute approximate surface area is 245 Å². The third-order valence-electron chi connectivity index (χ3n) is 6.61. The number of benzene rings is 2. The lowest BCUT2D eigenvalue weighted by Gasteiger charge is -2.32. The minimum atomic E-state index is -0.723. The number of halogens is 3. The second-order valence-corrected chi connectivity index (χ2v) is 11.0. The van der Waals surface area contributed by atoms with Gasteiger partial charge >= 0.3 is 5.91 Å². The van der Waals surface area contributed by atoms with Crippen LogP contribution in [0.5, 0.6) is 0 Å². The number of carbonyl (C=O) groups is 1. The van der Waals surface area contributed by atoms with E-state index in [1.807, 2.05) is 36.4 Å². The number of rotatable bonds is 9. The molecule has 0 aliphatic carbocycles. The molecule has 1 aliphatic rings. The molecule has 0 spiro atoms. The van der Waals surface area contributed by atoms with Crippen molar-refractivity contribution in [3.8, 4) is 0 Å². The van der Waals surface area contributed by atoms with Crippen LogP contribution in [0.15, 0.2) is 53.5 Å². The number of carbonyl (C=O) groups excluding carboxylic acids is 1. The Bertz CT molecular complexity index is 1320. The number of aliphatic imine (C=N–C) groups is 1. The molecule has 206 valence electrons. The summed E-state index contributed by atoms with van der Waals surface area (Å²) < 4.78 is 15.0. The Balaban J connectivity index is 1.23. The predicted octanol–water partition coefficient (Wildman–Crippen LogP) is 4.07. The smallest absolute Gasteiger partial charge is 0.302 e. The van der Waals surface area contributed by atoms with Crippen molar-refractivity contribution in [1.82, 2.24) is 20.2 Å². The summed E-state index contributed by atoms with van der Waals surface area (Å²) in [5.74, 6) is -0.314. The Hall–Kier alpha value is -3.03. The van der Waals surface area contributed by atoms with Crippen molar-refractivity contribution < 1.29 is 9.18 Å². The lowest BCUT2D eigenvalue weighted by Crippen LogP contribution is -2.41. The molecule has 12 heteroatoms. The first-order valence-corrected chi connectivity index (χ1v) is 14.1. The van der Waals surface area contributed by atoms with Crippen LogP contribution in [-0.2, 0) is 13.0 Å². The van der Waals surface area contributed by atoms with Gasteiger partial charge in [0.1, 0.15) is 5.82 Å². The van der Waals surface area contributed by atoms with E-state index in [9.17, 15) is 9.18 Å². The molecule has 0 saturated carbocycles. The zero-order valence-electron chi connectivity index (χ0n) is 21.3. The van der Waals surface area contributed by atoms with Crippen LogP contribution < -0.4 is 22.1 Å². The summed E-state index contributed by atoms with van der Waals surface area (Å²) in [5.41, 5.74) is 13.6. The van der Waals surface area contributed by atoms with E-state index in [4.69, 9.17) is 23.1 Å². The van der Waals surface area contributed by atoms with E-state index in [0.717, 1.165) is 47.2 Å². The topological polar surface area (TPSA) is 135 Å². The minimum absolute atomic E-state index is 0.0137. The quantitative estimate of drug-likeness (QED) is 0.153. The van der Waals surface area contributed by atoms with Crippen molar-refractivity contribution in [3.05, 3.63) is 79.9 Å². The maximum atomic E-state index is 13.8. The summed E-state index contributed by atoms with van der Waals surface area (Å²) in [6.07, 6.45) is 2.63. The van der Waals surface area contributed by atoms with Gasteiger partial charge in [-0.05, 0) is 90.2 Å². The van der Waals surface area contributed by atoms with Gasteiger partial charge in [0.15, 0.2) is 28.4 Å². The van der Waals surface area contributed by atoms with Crippen LogP contribution in [0.3, 0.4) is 0 Å². The molecule has 9 nitrogen and oxygen atoms in total. The normalized spacial score (nSPS) is 14.8. The maximum absolute atomic E-state index is 13.8. The second kappa shape index (κ2) is 13.9. The Morgan fingerprint density at radius 2 is 1.87 bits per heavy atom. The van der Waals surface area contributed by atoms with Gasteiger partial charge in [0.25, 0.3) is 0 Å². The number of aromatic nitrogens is 2. The van der Waals surface area contributed by atoms with E-state index in [-0.39, 0.29) is 34.3 Å². The predicted molar refractivity (Wildman–Crippen MR) is 161 cm³/mol. The highest BCUT2D eigenvalue weighted by atomic mass is 127. The molecule has 1 amide bonds. The number of anilines is 2. The number of hydrogen-bond donors (Lipinski definition) is 4. The fraction of sp³-hybridized carbons (Fsp3) is 0.333. The van der Waals surface area contributed by atoms with Crippen LogP contribution in [0.25, 0.3) is 0 Å². The van der Waals surface area contributed by atoms with Gasteiger partial charge in [0.05, 0.1) is 0 Å². The third-order valence-corrected chi connectivity index (χ3v) is 7.59. The molecule has 1 aromatic heterocycles. The number of likely N-dealkylation sites (tertiary alicyclic amines) is 1. The van der Waals surface area contributed by atoms with Crippen LogP contribution in [-0.4, -0.2) is 52.9 Å². The summed E-state index contributed by atoms with van der Waals surface area (Å²) in [6, 6.07) is 14.9. The van der Waals surface area contributed by atoms with Gasteiger partial charge in [-0.2, -0.15) is 4.99 Å². The van der Waals surface area contributed by atoms with Crippen LogP contribution in [0, 0.1) is 15.3 Å². The van der Waals surface area contributed by atoms with Gasteiger partial charge in [0, 0.05) is 23.2 Å². The van der Waals surface area contributed by atoms with Crippen molar-refractivity contribution in [2.75, 3.05) is 37.2 Å². The van der Waals surface area contributed by atoms with E-state index in [2.05, 4.69) is 53.1 Å². The fourth-order valence-electron chi connectivity index (χ4n) is 4.33. The molecule has 0 unspecified atom stereocenters. The third kappa shape index (κ3) is 8.48. The Morgan fingerprint density at radius 3 is 2.59 bits per heavy atom. The number of nitrogen functional groups attached to an aromatic ring is 1. The molecule has 1 aliphatic heterocycles. The zero-order chi connectivity index (χ0) is 27.8. The second-order valence-electron chi connectivity index (χ2n) is 9.39. The molecule has 1 fully saturated rings. The summed E-state index contributed by atoms with van der Waals surface area (Å²) >= 11 is 8.49. The van der Waals surface area contributed by atoms with Gasteiger partial charge in [-0.3, -0.25) is 4.79 Å². The number of nitrogens with zero attached hydrogens (tertiary/aromatic N) is 4. The molecule has 4 rings (SSSR count). The number of nitrogens with one attached hydrogen (secondary N) is 2. The number of hydrogen-bond acceptors (Lipinski definition) is 6. The first kappa shape index (κ1) is 29.0. The van der Waals surface area contributed by atoms with E-state index >= 15 is 0 Å². The number of guanidine groups is 1. The molecule has 0 bridgehead atoms. The van der Waals surface area contributed by atoms with E-state index < -0.39 is 5.91 Å². The molecule has 0 atom stereocenters. The zero-order valence-corrected chi connectivity index (χ0v) is 24.3. The highest BCUT2D eigenvalue weighted by Gasteiger charge is 2.20. The SMILES string of the molecule is N/C(=N\C(=O)c1nc(Cl)c(NCc2ccc(I)cc2)nc1N)NCC1CCN(CCc2ccccc2F)CC1. The van der Waals surface area contributed by atoms with Crippen LogP contribution in [0.4, 0.5) is 16.0 Å². The Kier molecular flexibility index (Phi) is 10.3. The molecular formula is C27H31ClFIN8O. The summed E-state index contributed by atoms with van der Waals surface area (Å²) in [4.78, 5) is 27.2. The van der Waals surface area contributed by atoms with E-state index in [1.165, 1.54) is 6.07 Å².